The summed E-state index contributed by atoms with van der Waals surface area (Å²) in [7, 11) is 0. The van der Waals surface area contributed by atoms with Gasteiger partial charge in [0.2, 0.25) is 0 Å². The van der Waals surface area contributed by atoms with E-state index in [0.717, 1.165) is 6.42 Å². The molecule has 0 saturated carbocycles. The van der Waals surface area contributed by atoms with Gasteiger partial charge in [0.05, 0.1) is 12.6 Å². The van der Waals surface area contributed by atoms with Crippen LogP contribution >= 0.6 is 0 Å². The van der Waals surface area contributed by atoms with E-state index in [9.17, 15) is 4.79 Å². The number of ether oxygens (including phenoxy) is 1. The maximum atomic E-state index is 11.6. The normalized spacial score (nSPS) is 26.4. The molecule has 0 amide bonds. The molecule has 1 aliphatic heterocycles. The van der Waals surface area contributed by atoms with E-state index in [1.54, 1.807) is 6.07 Å². The van der Waals surface area contributed by atoms with Crippen LogP contribution in [0, 0.1) is 0 Å². The Morgan fingerprint density at radius 3 is 3.21 bits per heavy atom. The van der Waals surface area contributed by atoms with E-state index < -0.39 is 0 Å². The molecule has 0 bridgehead atoms. The van der Waals surface area contributed by atoms with Crippen LogP contribution in [-0.2, 0) is 4.74 Å². The van der Waals surface area contributed by atoms with Crippen LogP contribution in [0.2, 0.25) is 0 Å². The van der Waals surface area contributed by atoms with E-state index >= 15 is 0 Å². The van der Waals surface area contributed by atoms with E-state index in [0.29, 0.717) is 11.3 Å². The molecule has 0 aromatic carbocycles. The summed E-state index contributed by atoms with van der Waals surface area (Å²) in [4.78, 5) is 15.7. The number of rotatable bonds is 1. The molecule has 1 aromatic heterocycles. The topological polar surface area (TPSA) is 39.2 Å². The fourth-order valence-corrected chi connectivity index (χ4v) is 1.81. The lowest BCUT2D eigenvalue weighted by atomic mass is 9.92. The van der Waals surface area contributed by atoms with Gasteiger partial charge in [0.15, 0.2) is 0 Å². The third-order valence-electron chi connectivity index (χ3n) is 2.66. The lowest BCUT2D eigenvalue weighted by Crippen LogP contribution is -2.31. The first-order chi connectivity index (χ1) is 7.13. The third-order valence-corrected chi connectivity index (χ3v) is 2.66. The van der Waals surface area contributed by atoms with Gasteiger partial charge in [0.25, 0.3) is 0 Å². The number of esters is 1. The van der Waals surface area contributed by atoms with E-state index in [4.69, 9.17) is 6.11 Å². The molecule has 74 valence electrons. The second-order valence-corrected chi connectivity index (χ2v) is 3.51. The maximum Gasteiger partial charge on any atom is 0.340 e. The van der Waals surface area contributed by atoms with Gasteiger partial charge in [-0.3, -0.25) is 4.98 Å². The van der Waals surface area contributed by atoms with Crippen molar-refractivity contribution < 1.29 is 10.9 Å². The first-order valence-electron chi connectivity index (χ1n) is 5.32. The molecule has 2 rings (SSSR count). The average Bonchev–Trinajstić information content (AvgIpc) is 2.23. The Labute approximate surface area is 84.5 Å². The molecule has 14 heavy (non-hydrogen) atoms. The summed E-state index contributed by atoms with van der Waals surface area (Å²) in [6, 6.07) is 3.13. The molecular formula is C11H13NO2. The summed E-state index contributed by atoms with van der Waals surface area (Å²) in [6.07, 6.45) is 0.862. The molecule has 1 aliphatic rings. The molecule has 0 N–H and O–H groups in total. The largest absolute Gasteiger partial charge is 0.458 e. The molecule has 0 unspecified atom stereocenters. The molecule has 0 saturated heterocycles. The Bertz CT molecular complexity index is 406. The van der Waals surface area contributed by atoms with Crippen LogP contribution in [0.5, 0.6) is 0 Å². The summed E-state index contributed by atoms with van der Waals surface area (Å²) in [6.45, 7) is 3.95. The van der Waals surface area contributed by atoms with E-state index in [2.05, 4.69) is 4.98 Å². The van der Waals surface area contributed by atoms with Gasteiger partial charge in [0.1, 0.15) is 6.10 Å². The fraction of sp³-hybridized carbons (Fsp3) is 0.455. The standard InChI is InChI=1S/C11H13NO2/c1-3-9-7(2)10-8(11(13)14-9)5-4-6-12-10/h4-7,9H,3H2,1-2H3/t7-,9-/m1/s1/i6D. The zero-order valence-corrected chi connectivity index (χ0v) is 8.28. The van der Waals surface area contributed by atoms with Gasteiger partial charge in [-0.15, -0.1) is 0 Å². The van der Waals surface area contributed by atoms with Crippen LogP contribution in [-0.4, -0.2) is 17.1 Å². The second-order valence-electron chi connectivity index (χ2n) is 3.51. The van der Waals surface area contributed by atoms with Gasteiger partial charge in [-0.1, -0.05) is 13.8 Å². The molecule has 0 aliphatic carbocycles. The predicted molar refractivity (Wildman–Crippen MR) is 52.1 cm³/mol. The van der Waals surface area contributed by atoms with Crippen LogP contribution in [0.4, 0.5) is 0 Å². The van der Waals surface area contributed by atoms with Gasteiger partial charge >= 0.3 is 5.97 Å². The number of fused-ring (bicyclic) bond motifs is 1. The Kier molecular flexibility index (Phi) is 1.94. The molecule has 0 spiro atoms. The number of carbonyl (C=O) groups excluding carboxylic acids is 1. The van der Waals surface area contributed by atoms with Crippen LogP contribution in [0.25, 0.3) is 0 Å². The minimum Gasteiger partial charge on any atom is -0.458 e. The summed E-state index contributed by atoms with van der Waals surface area (Å²) < 4.78 is 12.7. The number of hydrogen-bond acceptors (Lipinski definition) is 3. The van der Waals surface area contributed by atoms with Gasteiger partial charge in [-0.25, -0.2) is 4.79 Å². The maximum absolute atomic E-state index is 11.6. The van der Waals surface area contributed by atoms with Gasteiger partial charge in [0, 0.05) is 12.1 Å². The Balaban J connectivity index is 2.50. The molecule has 3 nitrogen and oxygen atoms in total. The van der Waals surface area contributed by atoms with E-state index in [-0.39, 0.29) is 24.2 Å². The first kappa shape index (κ1) is 7.97. The first-order valence-corrected chi connectivity index (χ1v) is 4.82. The van der Waals surface area contributed by atoms with Gasteiger partial charge < -0.3 is 4.74 Å². The monoisotopic (exact) mass is 192 g/mol. The van der Waals surface area contributed by atoms with Crippen LogP contribution in [0.1, 0.15) is 43.6 Å². The molecule has 3 heteroatoms. The highest BCUT2D eigenvalue weighted by Crippen LogP contribution is 2.30. The van der Waals surface area contributed by atoms with Crippen LogP contribution < -0.4 is 0 Å². The highest BCUT2D eigenvalue weighted by atomic mass is 16.5. The van der Waals surface area contributed by atoms with Crippen molar-refractivity contribution in [3.8, 4) is 0 Å². The highest BCUT2D eigenvalue weighted by Gasteiger charge is 2.32. The van der Waals surface area contributed by atoms with Gasteiger partial charge in [-0.2, -0.15) is 0 Å². The second kappa shape index (κ2) is 3.40. The Morgan fingerprint density at radius 1 is 1.71 bits per heavy atom. The SMILES string of the molecule is [2H]c1ccc2c(n1)[C@H](C)[C@@H](CC)OC2=O. The molecule has 2 heterocycles. The van der Waals surface area contributed by atoms with Crippen molar-refractivity contribution in [1.29, 1.82) is 0 Å². The molecule has 0 fully saturated rings. The lowest BCUT2D eigenvalue weighted by molar-refractivity contribution is 0.0174. The number of carbonyl (C=O) groups is 1. The van der Waals surface area contributed by atoms with Crippen molar-refractivity contribution in [2.75, 3.05) is 0 Å². The molecule has 2 atom stereocenters. The van der Waals surface area contributed by atoms with Crippen LogP contribution in [0.15, 0.2) is 18.3 Å². The zero-order chi connectivity index (χ0) is 11.0. The summed E-state index contributed by atoms with van der Waals surface area (Å²) in [5.74, 6) is -0.240. The van der Waals surface area contributed by atoms with Gasteiger partial charge in [-0.05, 0) is 18.6 Å². The number of nitrogens with zero attached hydrogens (tertiary/aromatic N) is 1. The fourth-order valence-electron chi connectivity index (χ4n) is 1.81. The number of cyclic esters (lactones) is 1. The smallest absolute Gasteiger partial charge is 0.340 e. The third kappa shape index (κ3) is 1.29. The molecular weight excluding hydrogens is 178 g/mol. The summed E-state index contributed by atoms with van der Waals surface area (Å²) >= 11 is 0. The van der Waals surface area contributed by atoms with Crippen molar-refractivity contribution in [3.63, 3.8) is 0 Å². The van der Waals surface area contributed by atoms with E-state index in [1.165, 1.54) is 6.07 Å². The number of hydrogen-bond donors (Lipinski definition) is 0. The van der Waals surface area contributed by atoms with Crippen LogP contribution in [0.3, 0.4) is 0 Å². The van der Waals surface area contributed by atoms with Crippen molar-refractivity contribution in [2.45, 2.75) is 32.3 Å². The highest BCUT2D eigenvalue weighted by molar-refractivity contribution is 5.91. The van der Waals surface area contributed by atoms with Crippen molar-refractivity contribution in [3.05, 3.63) is 29.6 Å². The number of aromatic nitrogens is 1. The summed E-state index contributed by atoms with van der Waals surface area (Å²) in [5, 5.41) is 0. The van der Waals surface area contributed by atoms with Crippen molar-refractivity contribution in [2.24, 2.45) is 0 Å². The Morgan fingerprint density at radius 2 is 2.50 bits per heavy atom. The van der Waals surface area contributed by atoms with Crippen molar-refractivity contribution in [1.82, 2.24) is 4.98 Å². The average molecular weight is 192 g/mol. The predicted octanol–water partition coefficient (Wildman–Crippen LogP) is 2.13. The van der Waals surface area contributed by atoms with Crippen molar-refractivity contribution >= 4 is 5.97 Å². The van der Waals surface area contributed by atoms with E-state index in [1.807, 2.05) is 13.8 Å². The summed E-state index contributed by atoms with van der Waals surface area (Å²) in [5.41, 5.74) is 1.20. The molecule has 0 radical (unpaired) electrons. The Hall–Kier alpha value is -1.38. The minimum absolute atomic E-state index is 0.0769. The number of pyridine rings is 1. The zero-order valence-electron chi connectivity index (χ0n) is 9.28. The quantitative estimate of drug-likeness (QED) is 0.640. The minimum atomic E-state index is -0.317. The molecule has 1 aromatic rings. The lowest BCUT2D eigenvalue weighted by Gasteiger charge is -2.28.